The van der Waals surface area contributed by atoms with Crippen molar-refractivity contribution in [3.63, 3.8) is 0 Å². The summed E-state index contributed by atoms with van der Waals surface area (Å²) in [7, 11) is 0. The van der Waals surface area contributed by atoms with E-state index in [0.29, 0.717) is 12.2 Å². The summed E-state index contributed by atoms with van der Waals surface area (Å²) in [4.78, 5) is 16.8. The number of carbonyl (C=O) groups is 1. The Labute approximate surface area is 116 Å². The second kappa shape index (κ2) is 6.80. The molecule has 0 saturated heterocycles. The van der Waals surface area contributed by atoms with Crippen LogP contribution >= 0.6 is 11.9 Å². The van der Waals surface area contributed by atoms with Crippen molar-refractivity contribution in [2.75, 3.05) is 11.3 Å². The van der Waals surface area contributed by atoms with Gasteiger partial charge >= 0.3 is 5.97 Å². The van der Waals surface area contributed by atoms with Gasteiger partial charge in [-0.1, -0.05) is 18.2 Å². The molecule has 0 atom stereocenters. The van der Waals surface area contributed by atoms with Gasteiger partial charge in [0.2, 0.25) is 0 Å². The summed E-state index contributed by atoms with van der Waals surface area (Å²) < 4.78 is 8.12. The van der Waals surface area contributed by atoms with Crippen LogP contribution < -0.4 is 4.72 Å². The number of hydrogen-bond donors (Lipinski definition) is 1. The number of ether oxygens (including phenoxy) is 1. The monoisotopic (exact) mass is 274 g/mol. The number of benzene rings is 1. The molecule has 0 aliphatic heterocycles. The van der Waals surface area contributed by atoms with Gasteiger partial charge in [0, 0.05) is 11.1 Å². The average Bonchev–Trinajstić information content (AvgIpc) is 2.47. The molecule has 2 rings (SSSR count). The first-order valence-corrected chi connectivity index (χ1v) is 6.73. The summed E-state index contributed by atoms with van der Waals surface area (Å²) in [5.41, 5.74) is 0.554. The summed E-state index contributed by atoms with van der Waals surface area (Å²) in [6, 6.07) is 12.9. The largest absolute Gasteiger partial charge is 0.462 e. The summed E-state index contributed by atoms with van der Waals surface area (Å²) in [5.74, 6) is 0.430. The molecule has 1 aromatic heterocycles. The Hall–Kier alpha value is -2.01. The number of anilines is 1. The van der Waals surface area contributed by atoms with Crippen LogP contribution in [0.25, 0.3) is 0 Å². The minimum atomic E-state index is -0.312. The zero-order valence-electron chi connectivity index (χ0n) is 10.5. The van der Waals surface area contributed by atoms with Crippen molar-refractivity contribution in [3.8, 4) is 0 Å². The third-order valence-corrected chi connectivity index (χ3v) is 3.20. The van der Waals surface area contributed by atoms with E-state index in [1.807, 2.05) is 36.4 Å². The molecule has 0 fully saturated rings. The zero-order chi connectivity index (χ0) is 13.5. The van der Waals surface area contributed by atoms with Crippen molar-refractivity contribution < 1.29 is 9.53 Å². The van der Waals surface area contributed by atoms with Gasteiger partial charge in [0.05, 0.1) is 12.2 Å². The van der Waals surface area contributed by atoms with Crippen molar-refractivity contribution in [3.05, 3.63) is 54.2 Å². The standard InChI is InChI=1S/C14H14N2O2S/c1-2-18-14(17)11-7-3-4-8-12(11)19-16-13-9-5-6-10-15-13/h3-10H,2H2,1H3,(H,15,16). The van der Waals surface area contributed by atoms with Gasteiger partial charge in [-0.15, -0.1) is 0 Å². The highest BCUT2D eigenvalue weighted by molar-refractivity contribution is 8.00. The summed E-state index contributed by atoms with van der Waals surface area (Å²) in [6.07, 6.45) is 1.71. The quantitative estimate of drug-likeness (QED) is 0.669. The Bertz CT molecular complexity index is 546. The fourth-order valence-electron chi connectivity index (χ4n) is 1.46. The van der Waals surface area contributed by atoms with E-state index in [1.54, 1.807) is 19.2 Å². The smallest absolute Gasteiger partial charge is 0.339 e. The first-order chi connectivity index (χ1) is 9.31. The SMILES string of the molecule is CCOC(=O)c1ccccc1SNc1ccccn1. The molecule has 0 aliphatic rings. The van der Waals surface area contributed by atoms with Crippen LogP contribution in [-0.4, -0.2) is 17.6 Å². The van der Waals surface area contributed by atoms with E-state index in [0.717, 1.165) is 10.7 Å². The maximum atomic E-state index is 11.8. The molecule has 1 N–H and O–H groups in total. The number of carbonyl (C=O) groups excluding carboxylic acids is 1. The first kappa shape index (κ1) is 13.4. The second-order valence-corrected chi connectivity index (χ2v) is 4.48. The average molecular weight is 274 g/mol. The molecule has 1 aromatic carbocycles. The lowest BCUT2D eigenvalue weighted by Crippen LogP contribution is -2.06. The van der Waals surface area contributed by atoms with E-state index in [4.69, 9.17) is 4.74 Å². The minimum Gasteiger partial charge on any atom is -0.462 e. The Morgan fingerprint density at radius 3 is 2.79 bits per heavy atom. The zero-order valence-corrected chi connectivity index (χ0v) is 11.3. The van der Waals surface area contributed by atoms with Crippen LogP contribution in [0, 0.1) is 0 Å². The molecule has 1 heterocycles. The highest BCUT2D eigenvalue weighted by Crippen LogP contribution is 2.24. The van der Waals surface area contributed by atoms with Gasteiger partial charge in [-0.2, -0.15) is 0 Å². The van der Waals surface area contributed by atoms with Crippen molar-refractivity contribution in [2.24, 2.45) is 0 Å². The van der Waals surface area contributed by atoms with E-state index in [2.05, 4.69) is 9.71 Å². The van der Waals surface area contributed by atoms with Crippen LogP contribution in [0.3, 0.4) is 0 Å². The molecule has 0 saturated carbocycles. The highest BCUT2D eigenvalue weighted by Gasteiger charge is 2.12. The number of nitrogens with one attached hydrogen (secondary N) is 1. The lowest BCUT2D eigenvalue weighted by molar-refractivity contribution is 0.0522. The number of rotatable bonds is 5. The van der Waals surface area contributed by atoms with Gasteiger partial charge in [-0.3, -0.25) is 0 Å². The van der Waals surface area contributed by atoms with Gasteiger partial charge in [0.25, 0.3) is 0 Å². The number of esters is 1. The molecule has 5 heteroatoms. The van der Waals surface area contributed by atoms with Gasteiger partial charge in [-0.25, -0.2) is 9.78 Å². The molecule has 19 heavy (non-hydrogen) atoms. The van der Waals surface area contributed by atoms with E-state index in [-0.39, 0.29) is 5.97 Å². The first-order valence-electron chi connectivity index (χ1n) is 5.91. The van der Waals surface area contributed by atoms with Gasteiger partial charge in [0.15, 0.2) is 0 Å². The Balaban J connectivity index is 2.10. The van der Waals surface area contributed by atoms with E-state index in [9.17, 15) is 4.79 Å². The van der Waals surface area contributed by atoms with Crippen molar-refractivity contribution >= 4 is 23.7 Å². The van der Waals surface area contributed by atoms with Crippen molar-refractivity contribution in [1.82, 2.24) is 4.98 Å². The molecule has 0 radical (unpaired) electrons. The predicted molar refractivity (Wildman–Crippen MR) is 76.1 cm³/mol. The van der Waals surface area contributed by atoms with Gasteiger partial charge < -0.3 is 9.46 Å². The number of hydrogen-bond acceptors (Lipinski definition) is 5. The molecule has 0 aliphatic carbocycles. The van der Waals surface area contributed by atoms with Crippen LogP contribution in [-0.2, 0) is 4.74 Å². The topological polar surface area (TPSA) is 51.2 Å². The fraction of sp³-hybridized carbons (Fsp3) is 0.143. The minimum absolute atomic E-state index is 0.312. The normalized spacial score (nSPS) is 9.95. The van der Waals surface area contributed by atoms with E-state index in [1.165, 1.54) is 11.9 Å². The van der Waals surface area contributed by atoms with Crippen LogP contribution in [0.4, 0.5) is 5.82 Å². The Morgan fingerprint density at radius 2 is 2.05 bits per heavy atom. The van der Waals surface area contributed by atoms with Crippen molar-refractivity contribution in [1.29, 1.82) is 0 Å². The number of nitrogens with zero attached hydrogens (tertiary/aromatic N) is 1. The Morgan fingerprint density at radius 1 is 1.26 bits per heavy atom. The van der Waals surface area contributed by atoms with Crippen LogP contribution in [0.1, 0.15) is 17.3 Å². The van der Waals surface area contributed by atoms with Crippen LogP contribution in [0.2, 0.25) is 0 Å². The number of pyridine rings is 1. The predicted octanol–water partition coefficient (Wildman–Crippen LogP) is 3.38. The molecule has 4 nitrogen and oxygen atoms in total. The second-order valence-electron chi connectivity index (χ2n) is 3.64. The summed E-state index contributed by atoms with van der Waals surface area (Å²) >= 11 is 1.34. The van der Waals surface area contributed by atoms with Gasteiger partial charge in [-0.05, 0) is 43.1 Å². The lowest BCUT2D eigenvalue weighted by atomic mass is 10.2. The maximum Gasteiger partial charge on any atom is 0.339 e. The number of aromatic nitrogens is 1. The molecule has 0 unspecified atom stereocenters. The third-order valence-electron chi connectivity index (χ3n) is 2.31. The molecule has 0 bridgehead atoms. The van der Waals surface area contributed by atoms with Crippen molar-refractivity contribution in [2.45, 2.75) is 11.8 Å². The van der Waals surface area contributed by atoms with E-state index < -0.39 is 0 Å². The van der Waals surface area contributed by atoms with Crippen LogP contribution in [0.15, 0.2) is 53.6 Å². The molecule has 2 aromatic rings. The van der Waals surface area contributed by atoms with Gasteiger partial charge in [0.1, 0.15) is 5.82 Å². The van der Waals surface area contributed by atoms with Crippen LogP contribution in [0.5, 0.6) is 0 Å². The Kier molecular flexibility index (Phi) is 4.80. The molecular weight excluding hydrogens is 260 g/mol. The molecular formula is C14H14N2O2S. The molecule has 0 amide bonds. The summed E-state index contributed by atoms with van der Waals surface area (Å²) in [6.45, 7) is 2.16. The van der Waals surface area contributed by atoms with E-state index >= 15 is 0 Å². The highest BCUT2D eigenvalue weighted by atomic mass is 32.2. The summed E-state index contributed by atoms with van der Waals surface area (Å²) in [5, 5.41) is 0. The maximum absolute atomic E-state index is 11.8. The third kappa shape index (κ3) is 3.72. The lowest BCUT2D eigenvalue weighted by Gasteiger charge is -2.09. The fourth-order valence-corrected chi connectivity index (χ4v) is 2.21. The molecule has 98 valence electrons. The molecule has 0 spiro atoms.